The fourth-order valence-corrected chi connectivity index (χ4v) is 4.04. The topological polar surface area (TPSA) is 66.4 Å². The largest absolute Gasteiger partial charge is 0.392 e. The Morgan fingerprint density at radius 3 is 2.61 bits per heavy atom. The zero-order chi connectivity index (χ0) is 13.2. The van der Waals surface area contributed by atoms with Gasteiger partial charge >= 0.3 is 0 Å². The number of hydrogen-bond acceptors (Lipinski definition) is 3. The van der Waals surface area contributed by atoms with Crippen LogP contribution in [-0.4, -0.2) is 19.6 Å². The van der Waals surface area contributed by atoms with Crippen molar-refractivity contribution >= 4 is 10.0 Å². The smallest absolute Gasteiger partial charge is 0.241 e. The molecular weight excluding hydrogens is 250 g/mol. The molecule has 0 aliphatic heterocycles. The zero-order valence-electron chi connectivity index (χ0n) is 10.5. The zero-order valence-corrected chi connectivity index (χ0v) is 11.3. The molecule has 0 radical (unpaired) electrons. The molecule has 1 aliphatic rings. The lowest BCUT2D eigenvalue weighted by Gasteiger charge is -2.15. The van der Waals surface area contributed by atoms with Crippen LogP contribution in [-0.2, 0) is 16.6 Å². The van der Waals surface area contributed by atoms with Crippen LogP contribution in [0, 0.1) is 6.92 Å². The van der Waals surface area contributed by atoms with Gasteiger partial charge < -0.3 is 5.11 Å². The molecule has 0 saturated heterocycles. The number of nitrogens with one attached hydrogen (secondary N) is 1. The molecule has 0 amide bonds. The van der Waals surface area contributed by atoms with Crippen molar-refractivity contribution < 1.29 is 13.5 Å². The van der Waals surface area contributed by atoms with E-state index in [9.17, 15) is 13.5 Å². The maximum absolute atomic E-state index is 12.3. The highest BCUT2D eigenvalue weighted by atomic mass is 32.2. The number of aliphatic hydroxyl groups excluding tert-OH is 1. The molecule has 4 nitrogen and oxygen atoms in total. The Balaban J connectivity index is 2.29. The van der Waals surface area contributed by atoms with Crippen molar-refractivity contribution in [2.75, 3.05) is 0 Å². The van der Waals surface area contributed by atoms with E-state index >= 15 is 0 Å². The quantitative estimate of drug-likeness (QED) is 0.874. The van der Waals surface area contributed by atoms with Crippen LogP contribution in [0.4, 0.5) is 0 Å². The highest BCUT2D eigenvalue weighted by Crippen LogP contribution is 2.23. The van der Waals surface area contributed by atoms with Crippen LogP contribution >= 0.6 is 0 Å². The maximum Gasteiger partial charge on any atom is 0.241 e. The molecular formula is C13H19NO3S. The van der Waals surface area contributed by atoms with E-state index in [-0.39, 0.29) is 17.5 Å². The molecule has 2 N–H and O–H groups in total. The minimum atomic E-state index is -3.47. The fourth-order valence-electron chi connectivity index (χ4n) is 2.45. The third-order valence-corrected chi connectivity index (χ3v) is 5.20. The van der Waals surface area contributed by atoms with Gasteiger partial charge in [0.1, 0.15) is 0 Å². The van der Waals surface area contributed by atoms with E-state index in [1.54, 1.807) is 25.1 Å². The lowest BCUT2D eigenvalue weighted by molar-refractivity contribution is 0.280. The molecule has 0 heterocycles. The molecule has 0 unspecified atom stereocenters. The van der Waals surface area contributed by atoms with Crippen LogP contribution in [0.3, 0.4) is 0 Å². The summed E-state index contributed by atoms with van der Waals surface area (Å²) in [4.78, 5) is 0.279. The molecule has 0 spiro atoms. The summed E-state index contributed by atoms with van der Waals surface area (Å²) in [7, 11) is -3.47. The Kier molecular flexibility index (Phi) is 4.04. The summed E-state index contributed by atoms with van der Waals surface area (Å²) in [6.45, 7) is 1.59. The number of hydrogen-bond donors (Lipinski definition) is 2. The summed E-state index contributed by atoms with van der Waals surface area (Å²) >= 11 is 0. The third-order valence-electron chi connectivity index (χ3n) is 3.53. The van der Waals surface area contributed by atoms with Crippen molar-refractivity contribution in [3.05, 3.63) is 29.3 Å². The van der Waals surface area contributed by atoms with Crippen LogP contribution in [0.1, 0.15) is 36.8 Å². The van der Waals surface area contributed by atoms with E-state index in [0.717, 1.165) is 25.7 Å². The minimum Gasteiger partial charge on any atom is -0.392 e. The van der Waals surface area contributed by atoms with Crippen LogP contribution in [0.25, 0.3) is 0 Å². The second-order valence-electron chi connectivity index (χ2n) is 4.80. The van der Waals surface area contributed by atoms with Crippen molar-refractivity contribution in [1.82, 2.24) is 4.72 Å². The second kappa shape index (κ2) is 5.38. The van der Waals surface area contributed by atoms with Gasteiger partial charge in [-0.3, -0.25) is 0 Å². The number of benzene rings is 1. The van der Waals surface area contributed by atoms with E-state index in [0.29, 0.717) is 11.1 Å². The van der Waals surface area contributed by atoms with Gasteiger partial charge in [0.25, 0.3) is 0 Å². The predicted octanol–water partition coefficient (Wildman–Crippen LogP) is 1.71. The standard InChI is InChI=1S/C13H19NO3S/c1-10-11(9-15)5-4-8-13(10)18(16,17)14-12-6-2-3-7-12/h4-5,8,12,14-15H,2-3,6-7,9H2,1H3. The number of sulfonamides is 1. The Bertz CT molecular complexity index is 519. The SMILES string of the molecule is Cc1c(CO)cccc1S(=O)(=O)NC1CCCC1. The first-order valence-corrected chi connectivity index (χ1v) is 7.74. The highest BCUT2D eigenvalue weighted by molar-refractivity contribution is 7.89. The van der Waals surface area contributed by atoms with Crippen molar-refractivity contribution in [3.8, 4) is 0 Å². The van der Waals surface area contributed by atoms with Crippen molar-refractivity contribution in [2.45, 2.75) is 50.2 Å². The first-order valence-electron chi connectivity index (χ1n) is 6.26. The van der Waals surface area contributed by atoms with Crippen molar-refractivity contribution in [1.29, 1.82) is 0 Å². The molecule has 5 heteroatoms. The number of rotatable bonds is 4. The molecule has 2 rings (SSSR count). The van der Waals surface area contributed by atoms with E-state index in [1.807, 2.05) is 0 Å². The average Bonchev–Trinajstić information content (AvgIpc) is 2.81. The molecule has 0 atom stereocenters. The van der Waals surface area contributed by atoms with Gasteiger partial charge in [-0.25, -0.2) is 13.1 Å². The van der Waals surface area contributed by atoms with Crippen LogP contribution in [0.15, 0.2) is 23.1 Å². The summed E-state index contributed by atoms with van der Waals surface area (Å²) in [5.41, 5.74) is 1.29. The fraction of sp³-hybridized carbons (Fsp3) is 0.538. The third kappa shape index (κ3) is 2.74. The van der Waals surface area contributed by atoms with Gasteiger partial charge in [0.15, 0.2) is 0 Å². The molecule has 1 aromatic carbocycles. The predicted molar refractivity (Wildman–Crippen MR) is 69.7 cm³/mol. The molecule has 100 valence electrons. The van der Waals surface area contributed by atoms with Gasteiger partial charge in [-0.15, -0.1) is 0 Å². The van der Waals surface area contributed by atoms with Crippen molar-refractivity contribution in [3.63, 3.8) is 0 Å². The van der Waals surface area contributed by atoms with Gasteiger partial charge in [0, 0.05) is 6.04 Å². The Morgan fingerprint density at radius 2 is 2.00 bits per heavy atom. The Morgan fingerprint density at radius 1 is 1.33 bits per heavy atom. The molecule has 0 aromatic heterocycles. The Labute approximate surface area is 108 Å². The lowest BCUT2D eigenvalue weighted by Crippen LogP contribution is -2.33. The average molecular weight is 269 g/mol. The summed E-state index contributed by atoms with van der Waals surface area (Å²) in [5, 5.41) is 9.18. The normalized spacial score (nSPS) is 17.2. The number of aliphatic hydroxyl groups is 1. The molecule has 18 heavy (non-hydrogen) atoms. The summed E-state index contributed by atoms with van der Waals surface area (Å²) in [6, 6.07) is 5.06. The van der Waals surface area contributed by atoms with Gasteiger partial charge in [-0.1, -0.05) is 25.0 Å². The lowest BCUT2D eigenvalue weighted by atomic mass is 10.1. The molecule has 1 aromatic rings. The monoisotopic (exact) mass is 269 g/mol. The van der Waals surface area contributed by atoms with Crippen LogP contribution < -0.4 is 4.72 Å². The van der Waals surface area contributed by atoms with E-state index in [1.165, 1.54) is 0 Å². The second-order valence-corrected chi connectivity index (χ2v) is 6.48. The van der Waals surface area contributed by atoms with E-state index < -0.39 is 10.0 Å². The van der Waals surface area contributed by atoms with Gasteiger partial charge in [0.05, 0.1) is 11.5 Å². The summed E-state index contributed by atoms with van der Waals surface area (Å²) in [6.07, 6.45) is 4.00. The Hall–Kier alpha value is -0.910. The molecule has 1 aliphatic carbocycles. The van der Waals surface area contributed by atoms with Gasteiger partial charge in [0.2, 0.25) is 10.0 Å². The first-order chi connectivity index (χ1) is 8.54. The minimum absolute atomic E-state index is 0.0622. The summed E-state index contributed by atoms with van der Waals surface area (Å²) in [5.74, 6) is 0. The summed E-state index contributed by atoms with van der Waals surface area (Å²) < 4.78 is 27.3. The molecule has 1 fully saturated rings. The van der Waals surface area contributed by atoms with E-state index in [2.05, 4.69) is 4.72 Å². The molecule has 1 saturated carbocycles. The van der Waals surface area contributed by atoms with Crippen LogP contribution in [0.2, 0.25) is 0 Å². The van der Waals surface area contributed by atoms with Crippen molar-refractivity contribution in [2.24, 2.45) is 0 Å². The highest BCUT2D eigenvalue weighted by Gasteiger charge is 2.24. The van der Waals surface area contributed by atoms with Gasteiger partial charge in [-0.2, -0.15) is 0 Å². The molecule has 0 bridgehead atoms. The maximum atomic E-state index is 12.3. The first kappa shape index (κ1) is 13.5. The van der Waals surface area contributed by atoms with Gasteiger partial charge in [-0.05, 0) is 37.0 Å². The van der Waals surface area contributed by atoms with Crippen LogP contribution in [0.5, 0.6) is 0 Å². The van der Waals surface area contributed by atoms with E-state index in [4.69, 9.17) is 0 Å².